The normalized spacial score (nSPS) is 37.1. The molecule has 3 N–H and O–H groups in total. The first-order valence-corrected chi connectivity index (χ1v) is 13.1. The van der Waals surface area contributed by atoms with Crippen molar-refractivity contribution >= 4 is 12.1 Å². The van der Waals surface area contributed by atoms with Gasteiger partial charge in [0.2, 0.25) is 5.91 Å². The third-order valence-corrected chi connectivity index (χ3v) is 9.13. The maximum absolute atomic E-state index is 12.7. The van der Waals surface area contributed by atoms with E-state index in [4.69, 9.17) is 5.73 Å². The molecule has 0 spiro atoms. The van der Waals surface area contributed by atoms with Gasteiger partial charge < -0.3 is 11.1 Å². The highest BCUT2D eigenvalue weighted by Gasteiger charge is 2.57. The minimum absolute atomic E-state index is 0.0630. The molecule has 32 heavy (non-hydrogen) atoms. The number of aliphatic imine (C=N–C) groups is 1. The van der Waals surface area contributed by atoms with Gasteiger partial charge in [0, 0.05) is 24.2 Å². The Balaban J connectivity index is 1.46. The van der Waals surface area contributed by atoms with Crippen LogP contribution in [0.4, 0.5) is 0 Å². The van der Waals surface area contributed by atoms with Gasteiger partial charge >= 0.3 is 0 Å². The number of carbonyl (C=O) groups is 1. The quantitative estimate of drug-likeness (QED) is 0.535. The van der Waals surface area contributed by atoms with Crippen molar-refractivity contribution in [3.8, 4) is 0 Å². The van der Waals surface area contributed by atoms with Crippen molar-refractivity contribution in [2.75, 3.05) is 6.54 Å². The van der Waals surface area contributed by atoms with E-state index in [-0.39, 0.29) is 16.9 Å². The number of fused-ring (bicyclic) bond motifs is 2. The number of rotatable bonds is 8. The van der Waals surface area contributed by atoms with Crippen molar-refractivity contribution in [3.63, 3.8) is 0 Å². The Morgan fingerprint density at radius 1 is 1.12 bits per heavy atom. The van der Waals surface area contributed by atoms with E-state index in [1.54, 1.807) is 0 Å². The van der Waals surface area contributed by atoms with E-state index in [0.29, 0.717) is 30.2 Å². The summed E-state index contributed by atoms with van der Waals surface area (Å²) >= 11 is 0. The zero-order valence-corrected chi connectivity index (χ0v) is 20.2. The van der Waals surface area contributed by atoms with Gasteiger partial charge in [0.25, 0.3) is 0 Å². The predicted octanol–water partition coefficient (Wildman–Crippen LogP) is 5.40. The lowest BCUT2D eigenvalue weighted by molar-refractivity contribution is -0.118. The molecule has 0 aromatic heterocycles. The number of hydrogen-bond acceptors (Lipinski definition) is 3. The highest BCUT2D eigenvalue weighted by atomic mass is 16.1. The standard InChI is InChI=1S/C28H43N3O/c1-3-28(31-4-2)23(12-15-26(32)30-20-21-10-13-25(29)14-11-21)18-27(17-16-24(28)19-27)22-8-6-5-7-9-22/h5-9,20-21,23-25,31H,3-4,10-19,29H2,1-2H3/b30-20+. The average molecular weight is 438 g/mol. The predicted molar refractivity (Wildman–Crippen MR) is 133 cm³/mol. The molecule has 4 atom stereocenters. The Kier molecular flexibility index (Phi) is 7.51. The summed E-state index contributed by atoms with van der Waals surface area (Å²) in [6.07, 6.45) is 13.9. The van der Waals surface area contributed by atoms with E-state index in [2.05, 4.69) is 54.5 Å². The SMILES string of the molecule is CCNC1(CC)C(CCC(=O)/N=C/C2CCC(N)CC2)CC2(c3ccccc3)CCC1C2. The lowest BCUT2D eigenvalue weighted by atomic mass is 9.57. The molecule has 0 saturated heterocycles. The molecule has 0 heterocycles. The summed E-state index contributed by atoms with van der Waals surface area (Å²) in [7, 11) is 0. The summed E-state index contributed by atoms with van der Waals surface area (Å²) in [6, 6.07) is 11.5. The van der Waals surface area contributed by atoms with Crippen LogP contribution in [0, 0.1) is 17.8 Å². The molecular weight excluding hydrogens is 394 g/mol. The second-order valence-corrected chi connectivity index (χ2v) is 10.8. The van der Waals surface area contributed by atoms with Crippen molar-refractivity contribution in [2.45, 2.75) is 101 Å². The number of nitrogens with zero attached hydrogens (tertiary/aromatic N) is 1. The van der Waals surface area contributed by atoms with E-state index in [0.717, 1.165) is 45.1 Å². The van der Waals surface area contributed by atoms with Crippen LogP contribution < -0.4 is 11.1 Å². The molecule has 176 valence electrons. The van der Waals surface area contributed by atoms with Gasteiger partial charge in [-0.05, 0) is 99.5 Å². The van der Waals surface area contributed by atoms with Crippen molar-refractivity contribution < 1.29 is 4.79 Å². The fraction of sp³-hybridized carbons (Fsp3) is 0.714. The summed E-state index contributed by atoms with van der Waals surface area (Å²) in [6.45, 7) is 5.57. The molecule has 2 bridgehead atoms. The molecule has 4 nitrogen and oxygen atoms in total. The maximum atomic E-state index is 12.7. The third-order valence-electron chi connectivity index (χ3n) is 9.13. The largest absolute Gasteiger partial charge is 0.328 e. The van der Waals surface area contributed by atoms with Gasteiger partial charge in [-0.15, -0.1) is 0 Å². The van der Waals surface area contributed by atoms with Crippen LogP contribution in [0.5, 0.6) is 0 Å². The average Bonchev–Trinajstić information content (AvgIpc) is 3.21. The number of nitrogens with two attached hydrogens (primary N) is 1. The second kappa shape index (κ2) is 10.2. The summed E-state index contributed by atoms with van der Waals surface area (Å²) in [5.74, 6) is 1.70. The minimum Gasteiger partial charge on any atom is -0.328 e. The summed E-state index contributed by atoms with van der Waals surface area (Å²) in [5, 5.41) is 3.94. The Hall–Kier alpha value is -1.52. The topological polar surface area (TPSA) is 67.5 Å². The Bertz CT molecular complexity index is 785. The minimum atomic E-state index is 0.0630. The van der Waals surface area contributed by atoms with Gasteiger partial charge in [0.15, 0.2) is 0 Å². The van der Waals surface area contributed by atoms with E-state index >= 15 is 0 Å². The monoisotopic (exact) mass is 437 g/mol. The Morgan fingerprint density at radius 3 is 2.56 bits per heavy atom. The molecule has 3 fully saturated rings. The van der Waals surface area contributed by atoms with Gasteiger partial charge in [-0.1, -0.05) is 44.2 Å². The van der Waals surface area contributed by atoms with Gasteiger partial charge in [-0.3, -0.25) is 4.79 Å². The fourth-order valence-electron chi connectivity index (χ4n) is 7.43. The van der Waals surface area contributed by atoms with Gasteiger partial charge in [-0.25, -0.2) is 4.99 Å². The summed E-state index contributed by atoms with van der Waals surface area (Å²) in [5.41, 5.74) is 7.97. The van der Waals surface area contributed by atoms with Crippen molar-refractivity contribution in [1.29, 1.82) is 0 Å². The lowest BCUT2D eigenvalue weighted by Crippen LogP contribution is -2.59. The molecule has 0 radical (unpaired) electrons. The maximum Gasteiger partial charge on any atom is 0.245 e. The smallest absolute Gasteiger partial charge is 0.245 e. The fourth-order valence-corrected chi connectivity index (χ4v) is 7.43. The van der Waals surface area contributed by atoms with Crippen LogP contribution in [0.3, 0.4) is 0 Å². The lowest BCUT2D eigenvalue weighted by Gasteiger charge is -2.52. The second-order valence-electron chi connectivity index (χ2n) is 10.8. The molecule has 1 amide bonds. The molecule has 1 aromatic rings. The molecular formula is C28H43N3O. The van der Waals surface area contributed by atoms with Crippen molar-refractivity contribution in [3.05, 3.63) is 35.9 Å². The molecule has 3 aliphatic carbocycles. The molecule has 4 heteroatoms. The first-order valence-electron chi connectivity index (χ1n) is 13.1. The Labute approximate surface area is 194 Å². The molecule has 0 aliphatic heterocycles. The molecule has 4 rings (SSSR count). The summed E-state index contributed by atoms with van der Waals surface area (Å²) < 4.78 is 0. The number of hydrogen-bond donors (Lipinski definition) is 2. The Morgan fingerprint density at radius 2 is 1.88 bits per heavy atom. The number of benzene rings is 1. The first kappa shape index (κ1) is 23.6. The van der Waals surface area contributed by atoms with E-state index in [1.807, 2.05) is 6.21 Å². The van der Waals surface area contributed by atoms with Crippen LogP contribution in [0.1, 0.15) is 90.0 Å². The number of carbonyl (C=O) groups excluding carboxylic acids is 1. The van der Waals surface area contributed by atoms with Crippen LogP contribution in [-0.2, 0) is 10.2 Å². The van der Waals surface area contributed by atoms with E-state index in [1.165, 1.54) is 31.2 Å². The van der Waals surface area contributed by atoms with Crippen molar-refractivity contribution in [1.82, 2.24) is 5.32 Å². The highest BCUT2D eigenvalue weighted by Crippen LogP contribution is 2.60. The number of amides is 1. The highest BCUT2D eigenvalue weighted by molar-refractivity contribution is 5.85. The van der Waals surface area contributed by atoms with Crippen LogP contribution in [-0.4, -0.2) is 30.2 Å². The van der Waals surface area contributed by atoms with Crippen LogP contribution >= 0.6 is 0 Å². The van der Waals surface area contributed by atoms with Crippen LogP contribution in [0.15, 0.2) is 35.3 Å². The zero-order chi connectivity index (χ0) is 22.6. The molecule has 1 aromatic carbocycles. The summed E-state index contributed by atoms with van der Waals surface area (Å²) in [4.78, 5) is 17.1. The van der Waals surface area contributed by atoms with E-state index in [9.17, 15) is 4.79 Å². The van der Waals surface area contributed by atoms with Gasteiger partial charge in [0.05, 0.1) is 0 Å². The van der Waals surface area contributed by atoms with E-state index < -0.39 is 0 Å². The third kappa shape index (κ3) is 4.72. The van der Waals surface area contributed by atoms with Crippen LogP contribution in [0.25, 0.3) is 0 Å². The van der Waals surface area contributed by atoms with Crippen LogP contribution in [0.2, 0.25) is 0 Å². The zero-order valence-electron chi connectivity index (χ0n) is 20.2. The van der Waals surface area contributed by atoms with Gasteiger partial charge in [0.1, 0.15) is 0 Å². The first-order chi connectivity index (χ1) is 15.5. The molecule has 3 saturated carbocycles. The number of nitrogens with one attached hydrogen (secondary N) is 1. The molecule has 3 aliphatic rings. The van der Waals surface area contributed by atoms with Gasteiger partial charge in [-0.2, -0.15) is 0 Å². The molecule has 4 unspecified atom stereocenters. The van der Waals surface area contributed by atoms with Crippen molar-refractivity contribution in [2.24, 2.45) is 28.5 Å².